The van der Waals surface area contributed by atoms with Gasteiger partial charge in [-0.3, -0.25) is 14.9 Å². The van der Waals surface area contributed by atoms with Crippen molar-refractivity contribution in [1.29, 1.82) is 0 Å². The molecule has 0 radical (unpaired) electrons. The number of carbonyl (C=O) groups is 2. The molecular formula is C29H41FN4O5S. The van der Waals surface area contributed by atoms with E-state index >= 15 is 0 Å². The van der Waals surface area contributed by atoms with Crippen LogP contribution in [0.2, 0.25) is 0 Å². The zero-order valence-electron chi connectivity index (χ0n) is 24.0. The lowest BCUT2D eigenvalue weighted by Gasteiger charge is -2.37. The Morgan fingerprint density at radius 3 is 2.58 bits per heavy atom. The number of likely N-dealkylation sites (tertiary alicyclic amines) is 1. The first-order valence-electron chi connectivity index (χ1n) is 13.8. The minimum atomic E-state index is -1.74. The average molecular weight is 577 g/mol. The van der Waals surface area contributed by atoms with Crippen molar-refractivity contribution in [2.45, 2.75) is 104 Å². The molecule has 1 aliphatic carbocycles. The fraction of sp³-hybridized carbons (Fsp3) is 0.621. The van der Waals surface area contributed by atoms with Crippen molar-refractivity contribution in [1.82, 2.24) is 20.5 Å². The molecule has 2 amide bonds. The highest BCUT2D eigenvalue weighted by atomic mass is 32.1. The molecule has 1 aromatic carbocycles. The number of halogens is 1. The molecular weight excluding hydrogens is 535 g/mol. The SMILES string of the molecule is Cc1ncsc1-c1ccc(CNC(=O)[C@@H]2C[C@@H](O)CN2C(=O)[C@@H](NC(O)C2(F)CC2)C(C)(C)C)c(OC(C)C)c1. The smallest absolute Gasteiger partial charge is 0.243 e. The molecule has 9 nitrogen and oxygen atoms in total. The maximum Gasteiger partial charge on any atom is 0.243 e. The van der Waals surface area contributed by atoms with Crippen molar-refractivity contribution in [3.05, 3.63) is 35.0 Å². The van der Waals surface area contributed by atoms with Crippen LogP contribution in [-0.4, -0.2) is 74.6 Å². The monoisotopic (exact) mass is 576 g/mol. The molecule has 1 saturated carbocycles. The van der Waals surface area contributed by atoms with Gasteiger partial charge in [-0.25, -0.2) is 9.37 Å². The van der Waals surface area contributed by atoms with Gasteiger partial charge in [0, 0.05) is 25.1 Å². The van der Waals surface area contributed by atoms with E-state index in [2.05, 4.69) is 15.6 Å². The Balaban J connectivity index is 1.49. The second-order valence-corrected chi connectivity index (χ2v) is 13.1. The van der Waals surface area contributed by atoms with Gasteiger partial charge in [0.05, 0.1) is 34.3 Å². The van der Waals surface area contributed by atoms with Gasteiger partial charge in [-0.15, -0.1) is 11.3 Å². The predicted octanol–water partition coefficient (Wildman–Crippen LogP) is 3.31. The lowest BCUT2D eigenvalue weighted by Crippen LogP contribution is -2.60. The number of hydrogen-bond donors (Lipinski definition) is 4. The predicted molar refractivity (Wildman–Crippen MR) is 151 cm³/mol. The molecule has 2 aliphatic rings. The number of ether oxygens (including phenoxy) is 1. The van der Waals surface area contributed by atoms with Crippen molar-refractivity contribution < 1.29 is 28.9 Å². The van der Waals surface area contributed by atoms with Crippen LogP contribution in [0.5, 0.6) is 5.75 Å². The number of alkyl halides is 1. The molecule has 1 saturated heterocycles. The first kappa shape index (κ1) is 30.4. The number of aliphatic hydroxyl groups excluding tert-OH is 2. The van der Waals surface area contributed by atoms with Crippen LogP contribution in [-0.2, 0) is 16.1 Å². The van der Waals surface area contributed by atoms with E-state index in [0.717, 1.165) is 21.7 Å². The molecule has 1 aromatic heterocycles. The number of aryl methyl sites for hydroxylation is 1. The largest absolute Gasteiger partial charge is 0.491 e. The Kier molecular flexibility index (Phi) is 8.89. The van der Waals surface area contributed by atoms with E-state index in [1.165, 1.54) is 4.90 Å². The number of nitrogens with zero attached hydrogens (tertiary/aromatic N) is 2. The van der Waals surface area contributed by atoms with Crippen LogP contribution in [0.15, 0.2) is 23.7 Å². The minimum Gasteiger partial charge on any atom is -0.491 e. The number of benzene rings is 1. The van der Waals surface area contributed by atoms with Gasteiger partial charge in [0.1, 0.15) is 23.7 Å². The number of rotatable bonds is 10. The van der Waals surface area contributed by atoms with E-state index in [9.17, 15) is 24.2 Å². The molecule has 220 valence electrons. The number of aromatic nitrogens is 1. The van der Waals surface area contributed by atoms with Crippen molar-refractivity contribution in [2.24, 2.45) is 5.41 Å². The quantitative estimate of drug-likeness (QED) is 0.320. The zero-order chi connectivity index (χ0) is 29.4. The summed E-state index contributed by atoms with van der Waals surface area (Å²) in [4.78, 5) is 33.8. The Bertz CT molecular complexity index is 1230. The number of hydrogen-bond acceptors (Lipinski definition) is 8. The second kappa shape index (κ2) is 11.7. The summed E-state index contributed by atoms with van der Waals surface area (Å²) in [5.41, 5.74) is 2.06. The molecule has 4 N–H and O–H groups in total. The van der Waals surface area contributed by atoms with E-state index in [4.69, 9.17) is 4.74 Å². The summed E-state index contributed by atoms with van der Waals surface area (Å²) < 4.78 is 20.6. The van der Waals surface area contributed by atoms with Gasteiger partial charge in [0.25, 0.3) is 0 Å². The highest BCUT2D eigenvalue weighted by Crippen LogP contribution is 2.43. The van der Waals surface area contributed by atoms with E-state index in [1.54, 1.807) is 16.8 Å². The number of carbonyl (C=O) groups excluding carboxylic acids is 2. The lowest BCUT2D eigenvalue weighted by molar-refractivity contribution is -0.144. The summed E-state index contributed by atoms with van der Waals surface area (Å²) in [7, 11) is 0. The summed E-state index contributed by atoms with van der Waals surface area (Å²) in [6, 6.07) is 3.96. The van der Waals surface area contributed by atoms with Crippen molar-refractivity contribution in [3.8, 4) is 16.2 Å². The molecule has 1 aliphatic heterocycles. The summed E-state index contributed by atoms with van der Waals surface area (Å²) >= 11 is 1.55. The van der Waals surface area contributed by atoms with Gasteiger partial charge < -0.3 is 25.2 Å². The average Bonchev–Trinajstić information content (AvgIpc) is 3.28. The fourth-order valence-corrected chi connectivity index (χ4v) is 5.75. The third kappa shape index (κ3) is 6.82. The third-order valence-electron chi connectivity index (χ3n) is 7.41. The molecule has 2 heterocycles. The molecule has 11 heteroatoms. The Morgan fingerprint density at radius 2 is 2.00 bits per heavy atom. The number of aliphatic hydroxyl groups is 2. The molecule has 40 heavy (non-hydrogen) atoms. The van der Waals surface area contributed by atoms with Gasteiger partial charge in [-0.05, 0) is 50.7 Å². The summed E-state index contributed by atoms with van der Waals surface area (Å²) in [5, 5.41) is 26.5. The number of thiazole rings is 1. The van der Waals surface area contributed by atoms with E-state index < -0.39 is 47.3 Å². The van der Waals surface area contributed by atoms with Gasteiger partial charge >= 0.3 is 0 Å². The first-order chi connectivity index (χ1) is 18.7. The highest BCUT2D eigenvalue weighted by Gasteiger charge is 2.53. The Labute approximate surface area is 239 Å². The number of nitrogens with one attached hydrogen (secondary N) is 2. The van der Waals surface area contributed by atoms with Gasteiger partial charge in [-0.2, -0.15) is 0 Å². The molecule has 2 fully saturated rings. The van der Waals surface area contributed by atoms with Crippen LogP contribution in [0.4, 0.5) is 4.39 Å². The van der Waals surface area contributed by atoms with Gasteiger partial charge in [0.2, 0.25) is 11.8 Å². The van der Waals surface area contributed by atoms with E-state index in [1.807, 2.05) is 59.7 Å². The topological polar surface area (TPSA) is 124 Å². The number of β-amino-alcohol motifs (C(OH)–C–C–N with tert-alkyl or cyclic N) is 1. The van der Waals surface area contributed by atoms with Crippen molar-refractivity contribution >= 4 is 23.2 Å². The zero-order valence-corrected chi connectivity index (χ0v) is 24.8. The van der Waals surface area contributed by atoms with Crippen LogP contribution >= 0.6 is 11.3 Å². The van der Waals surface area contributed by atoms with Crippen LogP contribution in [0.3, 0.4) is 0 Å². The Hall–Kier alpha value is -2.60. The first-order valence-corrected chi connectivity index (χ1v) is 14.7. The van der Waals surface area contributed by atoms with Crippen molar-refractivity contribution in [3.63, 3.8) is 0 Å². The van der Waals surface area contributed by atoms with Crippen molar-refractivity contribution in [2.75, 3.05) is 6.54 Å². The van der Waals surface area contributed by atoms with Crippen LogP contribution in [0, 0.1) is 12.3 Å². The fourth-order valence-electron chi connectivity index (χ4n) is 4.95. The summed E-state index contributed by atoms with van der Waals surface area (Å²) in [6.07, 6.45) is -1.90. The third-order valence-corrected chi connectivity index (χ3v) is 8.39. The molecule has 1 unspecified atom stereocenters. The maximum atomic E-state index is 14.5. The number of amides is 2. The Morgan fingerprint density at radius 1 is 1.30 bits per heavy atom. The molecule has 0 bridgehead atoms. The minimum absolute atomic E-state index is 0.0212. The van der Waals surface area contributed by atoms with Crippen LogP contribution in [0.25, 0.3) is 10.4 Å². The molecule has 4 atom stereocenters. The van der Waals surface area contributed by atoms with Gasteiger partial charge in [0.15, 0.2) is 0 Å². The molecule has 0 spiro atoms. The summed E-state index contributed by atoms with van der Waals surface area (Å²) in [6.45, 7) is 11.4. The van der Waals surface area contributed by atoms with Gasteiger partial charge in [-0.1, -0.05) is 32.9 Å². The lowest BCUT2D eigenvalue weighted by atomic mass is 9.85. The van der Waals surface area contributed by atoms with E-state index in [-0.39, 0.29) is 38.5 Å². The molecule has 4 rings (SSSR count). The standard InChI is InChI=1S/C29H41FN4O5S/c1-16(2)39-22-11-18(23-17(3)32-15-40-23)7-8-19(22)13-31-25(36)21-12-20(35)14-34(21)26(37)24(28(4,5)6)33-27(38)29(30)9-10-29/h7-8,11,15-16,20-21,24,27,33,35,38H,9-10,12-14H2,1-6H3,(H,31,36)/t20-,21+,24-,27?/m1/s1. The second-order valence-electron chi connectivity index (χ2n) is 12.3. The normalized spacial score (nSPS) is 21.8. The summed E-state index contributed by atoms with van der Waals surface area (Å²) in [5.74, 6) is -0.216. The highest BCUT2D eigenvalue weighted by molar-refractivity contribution is 7.13. The van der Waals surface area contributed by atoms with Crippen LogP contribution < -0.4 is 15.4 Å². The van der Waals surface area contributed by atoms with E-state index in [0.29, 0.717) is 5.75 Å². The van der Waals surface area contributed by atoms with Crippen LogP contribution in [0.1, 0.15) is 65.1 Å². The molecule has 2 aromatic rings. The maximum absolute atomic E-state index is 14.5.